The van der Waals surface area contributed by atoms with Crippen molar-refractivity contribution in [3.8, 4) is 11.8 Å². The number of benzene rings is 1. The lowest BCUT2D eigenvalue weighted by Crippen LogP contribution is -2.52. The summed E-state index contributed by atoms with van der Waals surface area (Å²) in [5, 5.41) is 27.5. The topological polar surface area (TPSA) is 130 Å². The summed E-state index contributed by atoms with van der Waals surface area (Å²) in [5.74, 6) is 0.348. The van der Waals surface area contributed by atoms with Gasteiger partial charge in [0.05, 0.1) is 25.3 Å². The van der Waals surface area contributed by atoms with Gasteiger partial charge in [-0.05, 0) is 48.8 Å². The Morgan fingerprint density at radius 3 is 2.80 bits per heavy atom. The molecule has 4 N–H and O–H groups in total. The predicted octanol–water partition coefficient (Wildman–Crippen LogP) is 2.38. The standard InChI is InChI=1S/C26H35N5O4/c1-26(2,3)16-11-21(24(33)29-17(13-27)10-15-8-9-28-23(15)32)31(14-16)25(34)20-12-18-19(30-20)6-5-7-22(18)35-4/h5-7,12,15-17,21,24,29-30,33H,8-11,14H2,1-4H3,(H,28,32). The summed E-state index contributed by atoms with van der Waals surface area (Å²) in [6.07, 6.45) is 0.512. The van der Waals surface area contributed by atoms with Gasteiger partial charge in [-0.15, -0.1) is 0 Å². The van der Waals surface area contributed by atoms with Crippen molar-refractivity contribution in [3.63, 3.8) is 0 Å². The minimum absolute atomic E-state index is 0.0544. The lowest BCUT2D eigenvalue weighted by molar-refractivity contribution is -0.122. The second-order valence-electron chi connectivity index (χ2n) is 10.7. The summed E-state index contributed by atoms with van der Waals surface area (Å²) in [7, 11) is 1.59. The van der Waals surface area contributed by atoms with Gasteiger partial charge in [0.2, 0.25) is 5.91 Å². The van der Waals surface area contributed by atoms with Crippen LogP contribution in [0.25, 0.3) is 10.9 Å². The summed E-state index contributed by atoms with van der Waals surface area (Å²) in [4.78, 5) is 30.5. The molecule has 2 fully saturated rings. The average Bonchev–Trinajstić information content (AvgIpc) is 3.55. The number of carbonyl (C=O) groups excluding carboxylic acids is 2. The summed E-state index contributed by atoms with van der Waals surface area (Å²) in [6.45, 7) is 7.51. The molecule has 188 valence electrons. The molecule has 0 radical (unpaired) electrons. The molecule has 0 aliphatic carbocycles. The van der Waals surface area contributed by atoms with E-state index in [2.05, 4.69) is 42.5 Å². The van der Waals surface area contributed by atoms with Gasteiger partial charge in [-0.25, -0.2) is 0 Å². The Morgan fingerprint density at radius 1 is 1.40 bits per heavy atom. The molecule has 5 unspecified atom stereocenters. The molecule has 2 aromatic rings. The van der Waals surface area contributed by atoms with Crippen molar-refractivity contribution in [1.29, 1.82) is 5.26 Å². The molecule has 0 saturated carbocycles. The zero-order valence-electron chi connectivity index (χ0n) is 20.8. The maximum absolute atomic E-state index is 13.7. The summed E-state index contributed by atoms with van der Waals surface area (Å²) < 4.78 is 5.43. The zero-order chi connectivity index (χ0) is 25.3. The van der Waals surface area contributed by atoms with E-state index in [0.29, 0.717) is 43.8 Å². The highest BCUT2D eigenvalue weighted by molar-refractivity contribution is 6.00. The summed E-state index contributed by atoms with van der Waals surface area (Å²) >= 11 is 0. The molecular formula is C26H35N5O4. The first-order valence-corrected chi connectivity index (χ1v) is 12.2. The first-order valence-electron chi connectivity index (χ1n) is 12.2. The lowest BCUT2D eigenvalue weighted by Gasteiger charge is -2.30. The maximum atomic E-state index is 13.7. The number of ether oxygens (including phenoxy) is 1. The normalized spacial score (nSPS) is 24.3. The molecule has 0 spiro atoms. The van der Waals surface area contributed by atoms with E-state index in [4.69, 9.17) is 4.74 Å². The average molecular weight is 482 g/mol. The van der Waals surface area contributed by atoms with Crippen molar-refractivity contribution in [2.75, 3.05) is 20.2 Å². The third kappa shape index (κ3) is 5.14. The Hall–Kier alpha value is -3.09. The highest BCUT2D eigenvalue weighted by Gasteiger charge is 2.44. The molecule has 9 nitrogen and oxygen atoms in total. The molecule has 9 heteroatoms. The van der Waals surface area contributed by atoms with E-state index in [1.807, 2.05) is 18.2 Å². The van der Waals surface area contributed by atoms with Gasteiger partial charge in [-0.3, -0.25) is 14.9 Å². The third-order valence-electron chi connectivity index (χ3n) is 7.48. The van der Waals surface area contributed by atoms with Crippen molar-refractivity contribution in [2.24, 2.45) is 17.3 Å². The van der Waals surface area contributed by atoms with Crippen molar-refractivity contribution in [2.45, 2.75) is 58.3 Å². The van der Waals surface area contributed by atoms with Crippen molar-refractivity contribution in [1.82, 2.24) is 20.5 Å². The minimum atomic E-state index is -1.10. The predicted molar refractivity (Wildman–Crippen MR) is 132 cm³/mol. The summed E-state index contributed by atoms with van der Waals surface area (Å²) in [5.41, 5.74) is 1.16. The van der Waals surface area contributed by atoms with E-state index in [9.17, 15) is 20.0 Å². The third-order valence-corrected chi connectivity index (χ3v) is 7.48. The number of nitrogens with zero attached hydrogens (tertiary/aromatic N) is 2. The largest absolute Gasteiger partial charge is 0.496 e. The number of aromatic amines is 1. The van der Waals surface area contributed by atoms with Gasteiger partial charge in [0.15, 0.2) is 0 Å². The molecule has 5 atom stereocenters. The number of likely N-dealkylation sites (tertiary alicyclic amines) is 1. The number of methoxy groups -OCH3 is 1. The molecule has 35 heavy (non-hydrogen) atoms. The first kappa shape index (κ1) is 25.0. The highest BCUT2D eigenvalue weighted by atomic mass is 16.5. The fourth-order valence-corrected chi connectivity index (χ4v) is 5.23. The van der Waals surface area contributed by atoms with Crippen LogP contribution in [0.15, 0.2) is 24.3 Å². The van der Waals surface area contributed by atoms with E-state index in [1.165, 1.54) is 0 Å². The van der Waals surface area contributed by atoms with Crippen LogP contribution in [-0.2, 0) is 4.79 Å². The highest BCUT2D eigenvalue weighted by Crippen LogP contribution is 2.39. The van der Waals surface area contributed by atoms with Crippen molar-refractivity contribution >= 4 is 22.7 Å². The number of hydrogen-bond donors (Lipinski definition) is 4. The van der Waals surface area contributed by atoms with Crippen LogP contribution >= 0.6 is 0 Å². The molecule has 2 aliphatic heterocycles. The molecule has 3 heterocycles. The fourth-order valence-electron chi connectivity index (χ4n) is 5.23. The number of aliphatic hydroxyl groups excluding tert-OH is 1. The molecule has 2 amide bonds. The minimum Gasteiger partial charge on any atom is -0.496 e. The monoisotopic (exact) mass is 481 g/mol. The van der Waals surface area contributed by atoms with Crippen LogP contribution < -0.4 is 15.4 Å². The van der Waals surface area contributed by atoms with Crippen molar-refractivity contribution < 1.29 is 19.4 Å². The van der Waals surface area contributed by atoms with Crippen LogP contribution in [0.3, 0.4) is 0 Å². The van der Waals surface area contributed by atoms with E-state index >= 15 is 0 Å². The Balaban J connectivity index is 1.56. The number of rotatable bonds is 7. The molecule has 1 aromatic carbocycles. The molecule has 4 rings (SSSR count). The number of H-pyrrole nitrogens is 1. The first-order chi connectivity index (χ1) is 16.6. The van der Waals surface area contributed by atoms with Crippen LogP contribution in [0.5, 0.6) is 5.75 Å². The van der Waals surface area contributed by atoms with Crippen LogP contribution in [0.2, 0.25) is 0 Å². The Morgan fingerprint density at radius 2 is 2.17 bits per heavy atom. The molecule has 0 bridgehead atoms. The van der Waals surface area contributed by atoms with Gasteiger partial charge >= 0.3 is 0 Å². The van der Waals surface area contributed by atoms with Crippen molar-refractivity contribution in [3.05, 3.63) is 30.0 Å². The number of nitriles is 1. The second-order valence-corrected chi connectivity index (χ2v) is 10.7. The maximum Gasteiger partial charge on any atom is 0.270 e. The van der Waals surface area contributed by atoms with Crippen LogP contribution in [0.4, 0.5) is 0 Å². The van der Waals surface area contributed by atoms with E-state index < -0.39 is 18.3 Å². The number of hydrogen-bond acceptors (Lipinski definition) is 6. The van der Waals surface area contributed by atoms with Crippen LogP contribution in [-0.4, -0.2) is 65.3 Å². The van der Waals surface area contributed by atoms with Crippen LogP contribution in [0, 0.1) is 28.6 Å². The van der Waals surface area contributed by atoms with E-state index in [1.54, 1.807) is 18.1 Å². The zero-order valence-corrected chi connectivity index (χ0v) is 20.8. The second kappa shape index (κ2) is 9.88. The van der Waals surface area contributed by atoms with Crippen LogP contribution in [0.1, 0.15) is 50.5 Å². The SMILES string of the molecule is COc1cccc2[nH]c(C(=O)N3CC(C(C)(C)C)CC3C(O)NC(C#N)CC3CCNC3=O)cc12. The smallest absolute Gasteiger partial charge is 0.270 e. The molecular weight excluding hydrogens is 446 g/mol. The number of carbonyl (C=O) groups is 2. The van der Waals surface area contributed by atoms with Gasteiger partial charge in [0.25, 0.3) is 5.91 Å². The van der Waals surface area contributed by atoms with Gasteiger partial charge < -0.3 is 25.0 Å². The summed E-state index contributed by atoms with van der Waals surface area (Å²) in [6, 6.07) is 8.36. The van der Waals surface area contributed by atoms with Gasteiger partial charge in [-0.1, -0.05) is 26.8 Å². The number of aliphatic hydroxyl groups is 1. The Bertz CT molecular complexity index is 1130. The Kier molecular flexibility index (Phi) is 7.06. The van der Waals surface area contributed by atoms with Gasteiger partial charge in [-0.2, -0.15) is 5.26 Å². The molecule has 2 aliphatic rings. The molecule has 1 aromatic heterocycles. The van der Waals surface area contributed by atoms with Gasteiger partial charge in [0.1, 0.15) is 17.7 Å². The fraction of sp³-hybridized carbons (Fsp3) is 0.577. The lowest BCUT2D eigenvalue weighted by atomic mass is 9.79. The Labute approximate surface area is 205 Å². The quantitative estimate of drug-likeness (QED) is 0.449. The number of amides is 2. The van der Waals surface area contributed by atoms with E-state index in [-0.39, 0.29) is 29.1 Å². The van der Waals surface area contributed by atoms with Gasteiger partial charge in [0, 0.05) is 29.9 Å². The molecule has 2 saturated heterocycles. The number of nitrogens with one attached hydrogen (secondary N) is 3. The van der Waals surface area contributed by atoms with E-state index in [0.717, 1.165) is 10.9 Å². The number of fused-ring (bicyclic) bond motifs is 1. The number of aromatic nitrogens is 1.